The third-order valence-electron chi connectivity index (χ3n) is 2.94. The quantitative estimate of drug-likeness (QED) is 0.610. The van der Waals surface area contributed by atoms with Crippen LogP contribution in [0.25, 0.3) is 0 Å². The second kappa shape index (κ2) is 7.01. The highest BCUT2D eigenvalue weighted by atomic mass is 19.4. The van der Waals surface area contributed by atoms with Crippen molar-refractivity contribution in [1.82, 2.24) is 0 Å². The summed E-state index contributed by atoms with van der Waals surface area (Å²) in [5, 5.41) is 0. The predicted octanol–water partition coefficient (Wildman–Crippen LogP) is 4.28. The van der Waals surface area contributed by atoms with Gasteiger partial charge >= 0.3 is 12.1 Å². The molecule has 0 unspecified atom stereocenters. The first-order chi connectivity index (χ1) is 10.9. The van der Waals surface area contributed by atoms with Crippen molar-refractivity contribution in [2.45, 2.75) is 13.1 Å². The minimum atomic E-state index is -4.39. The summed E-state index contributed by atoms with van der Waals surface area (Å²) < 4.78 is 42.7. The Morgan fingerprint density at radius 3 is 2.30 bits per heavy atom. The number of benzene rings is 2. The number of carbonyl (C=O) groups is 1. The Hall–Kier alpha value is -2.74. The normalized spacial score (nSPS) is 10.6. The maximum absolute atomic E-state index is 12.6. The molecule has 0 aliphatic carbocycles. The molecular weight excluding hydrogens is 305 g/mol. The zero-order valence-electron chi connectivity index (χ0n) is 12.3. The van der Waals surface area contributed by atoms with Gasteiger partial charge in [0, 0.05) is 11.1 Å². The molecule has 0 aliphatic rings. The average Bonchev–Trinajstić information content (AvgIpc) is 2.53. The first-order valence-corrected chi connectivity index (χ1v) is 6.86. The van der Waals surface area contributed by atoms with Crippen LogP contribution in [-0.2, 0) is 10.9 Å². The van der Waals surface area contributed by atoms with Crippen LogP contribution < -0.4 is 0 Å². The van der Waals surface area contributed by atoms with E-state index in [1.807, 2.05) is 0 Å². The molecule has 0 heterocycles. The Morgan fingerprint density at radius 1 is 1.04 bits per heavy atom. The molecule has 118 valence electrons. The Morgan fingerprint density at radius 2 is 1.70 bits per heavy atom. The Labute approximate surface area is 131 Å². The first kappa shape index (κ1) is 16.6. The number of hydrogen-bond donors (Lipinski definition) is 0. The molecule has 0 bridgehead atoms. The molecule has 0 N–H and O–H groups in total. The van der Waals surface area contributed by atoms with E-state index in [0.717, 1.165) is 12.1 Å². The van der Waals surface area contributed by atoms with E-state index in [1.54, 1.807) is 31.2 Å². The minimum Gasteiger partial charge on any atom is -0.462 e. The maximum atomic E-state index is 12.6. The van der Waals surface area contributed by atoms with Crippen molar-refractivity contribution in [3.8, 4) is 11.8 Å². The first-order valence-electron chi connectivity index (χ1n) is 6.86. The van der Waals surface area contributed by atoms with Gasteiger partial charge in [-0.15, -0.1) is 0 Å². The molecule has 0 saturated heterocycles. The topological polar surface area (TPSA) is 26.3 Å². The van der Waals surface area contributed by atoms with Crippen LogP contribution in [0.15, 0.2) is 48.5 Å². The number of hydrogen-bond acceptors (Lipinski definition) is 2. The fourth-order valence-corrected chi connectivity index (χ4v) is 1.82. The molecule has 0 radical (unpaired) electrons. The van der Waals surface area contributed by atoms with Crippen molar-refractivity contribution in [2.24, 2.45) is 0 Å². The monoisotopic (exact) mass is 318 g/mol. The van der Waals surface area contributed by atoms with E-state index < -0.39 is 17.7 Å². The van der Waals surface area contributed by atoms with Gasteiger partial charge in [0.15, 0.2) is 0 Å². The van der Waals surface area contributed by atoms with E-state index in [0.29, 0.717) is 11.1 Å². The summed E-state index contributed by atoms with van der Waals surface area (Å²) in [6.45, 7) is 2.00. The highest BCUT2D eigenvalue weighted by Gasteiger charge is 2.30. The lowest BCUT2D eigenvalue weighted by atomic mass is 10.1. The summed E-state index contributed by atoms with van der Waals surface area (Å²) in [5.74, 6) is 5.02. The van der Waals surface area contributed by atoms with Crippen LogP contribution in [-0.4, -0.2) is 12.6 Å². The van der Waals surface area contributed by atoms with Crippen molar-refractivity contribution in [3.63, 3.8) is 0 Å². The van der Waals surface area contributed by atoms with Gasteiger partial charge in [-0.1, -0.05) is 17.9 Å². The molecule has 0 aromatic heterocycles. The van der Waals surface area contributed by atoms with Gasteiger partial charge in [-0.25, -0.2) is 4.79 Å². The van der Waals surface area contributed by atoms with Crippen LogP contribution >= 0.6 is 0 Å². The standard InChI is InChI=1S/C18H13F3O2/c1-2-23-17(22)15-10-8-13(9-11-15)6-7-14-4-3-5-16(12-14)18(19,20)21/h3-5,8-12H,2H2,1H3. The van der Waals surface area contributed by atoms with E-state index in [1.165, 1.54) is 12.1 Å². The van der Waals surface area contributed by atoms with Crippen LogP contribution in [0.4, 0.5) is 13.2 Å². The summed E-state index contributed by atoms with van der Waals surface area (Å²) in [6.07, 6.45) is -4.39. The van der Waals surface area contributed by atoms with E-state index in [-0.39, 0.29) is 12.2 Å². The maximum Gasteiger partial charge on any atom is 0.416 e. The van der Waals surface area contributed by atoms with Gasteiger partial charge < -0.3 is 4.74 Å². The molecule has 0 fully saturated rings. The van der Waals surface area contributed by atoms with E-state index >= 15 is 0 Å². The van der Waals surface area contributed by atoms with E-state index in [9.17, 15) is 18.0 Å². The fraction of sp³-hybridized carbons (Fsp3) is 0.167. The number of ether oxygens (including phenoxy) is 1. The Bertz CT molecular complexity index is 750. The summed E-state index contributed by atoms with van der Waals surface area (Å²) in [4.78, 5) is 11.5. The van der Waals surface area contributed by atoms with Crippen LogP contribution in [0.2, 0.25) is 0 Å². The van der Waals surface area contributed by atoms with E-state index in [2.05, 4.69) is 11.8 Å². The van der Waals surface area contributed by atoms with Crippen molar-refractivity contribution in [2.75, 3.05) is 6.61 Å². The largest absolute Gasteiger partial charge is 0.462 e. The van der Waals surface area contributed by atoms with Crippen LogP contribution in [0.5, 0.6) is 0 Å². The second-order valence-corrected chi connectivity index (χ2v) is 4.63. The smallest absolute Gasteiger partial charge is 0.416 e. The number of esters is 1. The van der Waals surface area contributed by atoms with Crippen LogP contribution in [0.1, 0.15) is 34.0 Å². The van der Waals surface area contributed by atoms with Gasteiger partial charge in [-0.2, -0.15) is 13.2 Å². The fourth-order valence-electron chi connectivity index (χ4n) is 1.82. The Kier molecular flexibility index (Phi) is 5.07. The third-order valence-corrected chi connectivity index (χ3v) is 2.94. The number of alkyl halides is 3. The van der Waals surface area contributed by atoms with Gasteiger partial charge in [0.05, 0.1) is 17.7 Å². The lowest BCUT2D eigenvalue weighted by Crippen LogP contribution is -2.04. The summed E-state index contributed by atoms with van der Waals surface area (Å²) in [7, 11) is 0. The zero-order valence-corrected chi connectivity index (χ0v) is 12.3. The lowest BCUT2D eigenvalue weighted by molar-refractivity contribution is -0.137. The minimum absolute atomic E-state index is 0.272. The van der Waals surface area contributed by atoms with Gasteiger partial charge in [-0.05, 0) is 49.4 Å². The molecule has 0 amide bonds. The molecule has 0 saturated carbocycles. The molecule has 2 rings (SSSR count). The lowest BCUT2D eigenvalue weighted by Gasteiger charge is -2.05. The van der Waals surface area contributed by atoms with Gasteiger partial charge in [0.1, 0.15) is 0 Å². The summed E-state index contributed by atoms with van der Waals surface area (Å²) >= 11 is 0. The summed E-state index contributed by atoms with van der Waals surface area (Å²) in [6, 6.07) is 11.2. The molecule has 0 atom stereocenters. The highest BCUT2D eigenvalue weighted by molar-refractivity contribution is 5.89. The summed E-state index contributed by atoms with van der Waals surface area (Å²) in [5.41, 5.74) is 0.531. The molecule has 2 nitrogen and oxygen atoms in total. The predicted molar refractivity (Wildman–Crippen MR) is 79.8 cm³/mol. The van der Waals surface area contributed by atoms with E-state index in [4.69, 9.17) is 4.74 Å². The number of rotatable bonds is 2. The molecule has 23 heavy (non-hydrogen) atoms. The number of carbonyl (C=O) groups excluding carboxylic acids is 1. The van der Waals surface area contributed by atoms with Crippen LogP contribution in [0.3, 0.4) is 0 Å². The molecule has 0 aliphatic heterocycles. The Balaban J connectivity index is 2.18. The van der Waals surface area contributed by atoms with Gasteiger partial charge in [-0.3, -0.25) is 0 Å². The van der Waals surface area contributed by atoms with Crippen molar-refractivity contribution in [1.29, 1.82) is 0 Å². The molecule has 2 aromatic carbocycles. The van der Waals surface area contributed by atoms with Crippen LogP contribution in [0, 0.1) is 11.8 Å². The van der Waals surface area contributed by atoms with Crippen molar-refractivity contribution >= 4 is 5.97 Å². The number of halogens is 3. The zero-order chi connectivity index (χ0) is 16.9. The molecular formula is C18H13F3O2. The van der Waals surface area contributed by atoms with Gasteiger partial charge in [0.2, 0.25) is 0 Å². The van der Waals surface area contributed by atoms with Gasteiger partial charge in [0.25, 0.3) is 0 Å². The second-order valence-electron chi connectivity index (χ2n) is 4.63. The average molecular weight is 318 g/mol. The van der Waals surface area contributed by atoms with Crippen molar-refractivity contribution in [3.05, 3.63) is 70.8 Å². The SMILES string of the molecule is CCOC(=O)c1ccc(C#Cc2cccc(C(F)(F)F)c2)cc1. The molecule has 2 aromatic rings. The molecule has 0 spiro atoms. The highest BCUT2D eigenvalue weighted by Crippen LogP contribution is 2.29. The molecule has 5 heteroatoms. The van der Waals surface area contributed by atoms with Crippen molar-refractivity contribution < 1.29 is 22.7 Å². The third kappa shape index (κ3) is 4.62.